The number of amides is 1. The minimum atomic E-state index is 0.0349. The molecule has 0 unspecified atom stereocenters. The van der Waals surface area contributed by atoms with Gasteiger partial charge < -0.3 is 14.8 Å². The summed E-state index contributed by atoms with van der Waals surface area (Å²) in [4.78, 5) is 19.4. The Morgan fingerprint density at radius 1 is 1.26 bits per heavy atom. The van der Waals surface area contributed by atoms with Gasteiger partial charge in [0.05, 0.1) is 17.6 Å². The van der Waals surface area contributed by atoms with E-state index in [1.807, 2.05) is 44.4 Å². The summed E-state index contributed by atoms with van der Waals surface area (Å²) in [6.07, 6.45) is 2.37. The van der Waals surface area contributed by atoms with Gasteiger partial charge in [-0.1, -0.05) is 24.3 Å². The van der Waals surface area contributed by atoms with Gasteiger partial charge in [0.2, 0.25) is 0 Å². The van der Waals surface area contributed by atoms with E-state index in [9.17, 15) is 4.79 Å². The summed E-state index contributed by atoms with van der Waals surface area (Å²) < 4.78 is 2.06. The molecule has 1 saturated heterocycles. The Bertz CT molecular complexity index is 956. The van der Waals surface area contributed by atoms with Crippen molar-refractivity contribution in [2.45, 2.75) is 25.3 Å². The summed E-state index contributed by atoms with van der Waals surface area (Å²) in [6.45, 7) is 2.57. The van der Waals surface area contributed by atoms with Gasteiger partial charge in [-0.25, -0.2) is 4.98 Å². The average molecular weight is 362 g/mol. The van der Waals surface area contributed by atoms with Crippen molar-refractivity contribution < 1.29 is 4.79 Å². The number of nitrogens with one attached hydrogen (secondary N) is 1. The van der Waals surface area contributed by atoms with Crippen LogP contribution in [0.15, 0.2) is 48.5 Å². The summed E-state index contributed by atoms with van der Waals surface area (Å²) in [5.41, 5.74) is 4.05. The zero-order valence-electron chi connectivity index (χ0n) is 16.0. The maximum absolute atomic E-state index is 13.0. The molecule has 1 amide bonds. The van der Waals surface area contributed by atoms with Crippen LogP contribution in [0.25, 0.3) is 11.0 Å². The van der Waals surface area contributed by atoms with Crippen LogP contribution in [0.4, 0.5) is 0 Å². The zero-order chi connectivity index (χ0) is 18.8. The van der Waals surface area contributed by atoms with E-state index in [0.29, 0.717) is 12.5 Å². The molecule has 5 heteroatoms. The quantitative estimate of drug-likeness (QED) is 0.775. The van der Waals surface area contributed by atoms with Crippen LogP contribution in [-0.4, -0.2) is 40.5 Å². The van der Waals surface area contributed by atoms with Crippen LogP contribution in [-0.2, 0) is 13.6 Å². The molecular weight excluding hydrogens is 336 g/mol. The van der Waals surface area contributed by atoms with Crippen LogP contribution in [0.5, 0.6) is 0 Å². The number of aryl methyl sites for hydroxylation is 1. The molecule has 1 aliphatic rings. The van der Waals surface area contributed by atoms with Crippen molar-refractivity contribution in [3.05, 3.63) is 65.5 Å². The Kier molecular flexibility index (Phi) is 4.94. The first-order valence-corrected chi connectivity index (χ1v) is 9.60. The summed E-state index contributed by atoms with van der Waals surface area (Å²) >= 11 is 0. The number of imidazole rings is 1. The second-order valence-corrected chi connectivity index (χ2v) is 7.41. The molecule has 5 nitrogen and oxygen atoms in total. The van der Waals surface area contributed by atoms with Gasteiger partial charge in [0.15, 0.2) is 0 Å². The largest absolute Gasteiger partial charge is 0.334 e. The molecule has 140 valence electrons. The Balaban J connectivity index is 1.52. The number of nitrogens with zero attached hydrogens (tertiary/aromatic N) is 3. The molecule has 1 N–H and O–H groups in total. The highest BCUT2D eigenvalue weighted by Crippen LogP contribution is 2.24. The van der Waals surface area contributed by atoms with Gasteiger partial charge in [-0.3, -0.25) is 4.79 Å². The van der Waals surface area contributed by atoms with Crippen molar-refractivity contribution >= 4 is 16.9 Å². The molecule has 0 bridgehead atoms. The fourth-order valence-corrected chi connectivity index (χ4v) is 3.90. The Morgan fingerprint density at radius 3 is 2.89 bits per heavy atom. The first-order chi connectivity index (χ1) is 13.1. The number of piperidine rings is 1. The van der Waals surface area contributed by atoms with Crippen molar-refractivity contribution in [2.24, 2.45) is 7.05 Å². The Hall–Kier alpha value is -2.66. The fraction of sp³-hybridized carbons (Fsp3) is 0.364. The number of carbonyl (C=O) groups is 1. The van der Waals surface area contributed by atoms with Crippen molar-refractivity contribution in [1.82, 2.24) is 19.8 Å². The maximum atomic E-state index is 13.0. The van der Waals surface area contributed by atoms with E-state index >= 15 is 0 Å². The second kappa shape index (κ2) is 7.53. The van der Waals surface area contributed by atoms with E-state index in [0.717, 1.165) is 35.5 Å². The third kappa shape index (κ3) is 3.60. The van der Waals surface area contributed by atoms with E-state index in [-0.39, 0.29) is 5.91 Å². The lowest BCUT2D eigenvalue weighted by Gasteiger charge is -2.24. The molecule has 1 aromatic heterocycles. The highest BCUT2D eigenvalue weighted by atomic mass is 16.2. The number of para-hydroxylation sites is 2. The molecule has 0 spiro atoms. The van der Waals surface area contributed by atoms with E-state index < -0.39 is 0 Å². The Labute approximate surface area is 160 Å². The number of fused-ring (bicyclic) bond motifs is 1. The second-order valence-electron chi connectivity index (χ2n) is 7.41. The number of aromatic nitrogens is 2. The molecule has 1 fully saturated rings. The molecule has 3 aromatic rings. The van der Waals surface area contributed by atoms with Gasteiger partial charge in [-0.15, -0.1) is 0 Å². The van der Waals surface area contributed by atoms with Crippen LogP contribution in [0.3, 0.4) is 0 Å². The van der Waals surface area contributed by atoms with Crippen LogP contribution in [0.1, 0.15) is 40.5 Å². The minimum Gasteiger partial charge on any atom is -0.334 e. The highest BCUT2D eigenvalue weighted by molar-refractivity contribution is 5.94. The lowest BCUT2D eigenvalue weighted by molar-refractivity contribution is 0.0780. The average Bonchev–Trinajstić information content (AvgIpc) is 3.04. The van der Waals surface area contributed by atoms with Crippen molar-refractivity contribution in [2.75, 3.05) is 20.1 Å². The van der Waals surface area contributed by atoms with E-state index in [1.165, 1.54) is 18.4 Å². The van der Waals surface area contributed by atoms with Crippen LogP contribution in [0, 0.1) is 0 Å². The van der Waals surface area contributed by atoms with Gasteiger partial charge in [0.25, 0.3) is 5.91 Å². The first kappa shape index (κ1) is 17.7. The number of hydrogen-bond acceptors (Lipinski definition) is 3. The van der Waals surface area contributed by atoms with Gasteiger partial charge in [-0.05, 0) is 55.1 Å². The van der Waals surface area contributed by atoms with Crippen LogP contribution < -0.4 is 5.32 Å². The smallest absolute Gasteiger partial charge is 0.254 e. The lowest BCUT2D eigenvalue weighted by Crippen LogP contribution is -2.29. The summed E-state index contributed by atoms with van der Waals surface area (Å²) in [5.74, 6) is 1.42. The molecule has 1 atom stereocenters. The predicted molar refractivity (Wildman–Crippen MR) is 108 cm³/mol. The van der Waals surface area contributed by atoms with E-state index in [4.69, 9.17) is 0 Å². The number of hydrogen-bond donors (Lipinski definition) is 1. The molecule has 0 saturated carbocycles. The third-order valence-corrected chi connectivity index (χ3v) is 5.51. The van der Waals surface area contributed by atoms with Crippen molar-refractivity contribution in [3.8, 4) is 0 Å². The highest BCUT2D eigenvalue weighted by Gasteiger charge is 2.19. The number of benzene rings is 2. The molecule has 2 aromatic carbocycles. The first-order valence-electron chi connectivity index (χ1n) is 9.60. The molecule has 27 heavy (non-hydrogen) atoms. The maximum Gasteiger partial charge on any atom is 0.254 e. The van der Waals surface area contributed by atoms with Crippen LogP contribution >= 0.6 is 0 Å². The Morgan fingerprint density at radius 2 is 2.11 bits per heavy atom. The van der Waals surface area contributed by atoms with Gasteiger partial charge in [-0.2, -0.15) is 0 Å². The standard InChI is InChI=1S/C22H26N4O/c1-25(15-21-24-19-10-3-4-11-20(19)26(21)2)22(27)17-8-5-7-16(13-17)18-9-6-12-23-14-18/h3-5,7-8,10-11,13,18,23H,6,9,12,14-15H2,1-2H3/t18-/m0/s1. The lowest BCUT2D eigenvalue weighted by atomic mass is 9.90. The normalized spacial score (nSPS) is 17.2. The van der Waals surface area contributed by atoms with Gasteiger partial charge in [0, 0.05) is 26.2 Å². The summed E-state index contributed by atoms with van der Waals surface area (Å²) in [7, 11) is 3.84. The molecule has 1 aliphatic heterocycles. The third-order valence-electron chi connectivity index (χ3n) is 5.51. The SMILES string of the molecule is CN(Cc1nc2ccccc2n1C)C(=O)c1cccc([C@H]2CCCNC2)c1. The molecule has 0 aliphatic carbocycles. The zero-order valence-corrected chi connectivity index (χ0v) is 16.0. The summed E-state index contributed by atoms with van der Waals surface area (Å²) in [6, 6.07) is 16.2. The number of carbonyl (C=O) groups excluding carboxylic acids is 1. The predicted octanol–water partition coefficient (Wildman–Crippen LogP) is 3.31. The van der Waals surface area contributed by atoms with Crippen molar-refractivity contribution in [3.63, 3.8) is 0 Å². The molecule has 2 heterocycles. The van der Waals surface area contributed by atoms with Crippen molar-refractivity contribution in [1.29, 1.82) is 0 Å². The topological polar surface area (TPSA) is 50.2 Å². The van der Waals surface area contributed by atoms with Crippen LogP contribution in [0.2, 0.25) is 0 Å². The number of rotatable bonds is 4. The molecule has 4 rings (SSSR count). The fourth-order valence-electron chi connectivity index (χ4n) is 3.90. The van der Waals surface area contributed by atoms with Gasteiger partial charge in [0.1, 0.15) is 5.82 Å². The molecular formula is C22H26N4O. The summed E-state index contributed by atoms with van der Waals surface area (Å²) in [5, 5.41) is 3.45. The molecule has 0 radical (unpaired) electrons. The van der Waals surface area contributed by atoms with E-state index in [2.05, 4.69) is 33.1 Å². The minimum absolute atomic E-state index is 0.0349. The van der Waals surface area contributed by atoms with E-state index in [1.54, 1.807) is 4.90 Å². The van der Waals surface area contributed by atoms with Gasteiger partial charge >= 0.3 is 0 Å². The monoisotopic (exact) mass is 362 g/mol.